The average molecular weight is 405 g/mol. The van der Waals surface area contributed by atoms with Gasteiger partial charge in [-0.25, -0.2) is 9.78 Å². The monoisotopic (exact) mass is 405 g/mol. The zero-order chi connectivity index (χ0) is 23.1. The Morgan fingerprint density at radius 3 is 2.61 bits per heavy atom. The number of carbonyl (C=O) groups excluding carboxylic acids is 1. The van der Waals surface area contributed by atoms with E-state index in [2.05, 4.69) is 10.3 Å². The topological polar surface area (TPSA) is 63.7 Å². The van der Waals surface area contributed by atoms with Crippen molar-refractivity contribution in [3.63, 3.8) is 0 Å². The Balaban J connectivity index is 2.33. The summed E-state index contributed by atoms with van der Waals surface area (Å²) in [5.74, 6) is -0.0528. The summed E-state index contributed by atoms with van der Waals surface area (Å²) in [5.41, 5.74) is -1.59. The summed E-state index contributed by atoms with van der Waals surface area (Å²) in [6, 6.07) is -0.216. The number of carbonyl (C=O) groups is 1. The highest BCUT2D eigenvalue weighted by Crippen LogP contribution is 2.30. The first-order valence-corrected chi connectivity index (χ1v) is 8.98. The standard InChI is InChI=1S/C19H28F3N3O3/c1-11-7-14(19(20,21)22)8-23-16(11)24-9-15-13(3)27-12(2)10-25(15)17(26)28-18(4,5)6/h7-8,12-13,15H,9-10H2,1-6H3,(H,23,24)/t12-,13+,15-/m1/s1/i9D2. The number of pyridine rings is 1. The van der Waals surface area contributed by atoms with Crippen molar-refractivity contribution in [2.24, 2.45) is 0 Å². The largest absolute Gasteiger partial charge is 0.444 e. The molecule has 1 aromatic heterocycles. The van der Waals surface area contributed by atoms with Gasteiger partial charge in [-0.3, -0.25) is 4.90 Å². The Bertz CT molecular complexity index is 785. The molecule has 6 nitrogen and oxygen atoms in total. The SMILES string of the molecule is [2H]C([2H])(Nc1ncc(C(F)(F)F)cc1C)[C@@H]1[C@H](C)O[C@H](C)CN1C(=O)OC(C)(C)C. The number of amides is 1. The van der Waals surface area contributed by atoms with Crippen molar-refractivity contribution in [2.75, 3.05) is 18.4 Å². The number of rotatable bonds is 3. The van der Waals surface area contributed by atoms with Crippen molar-refractivity contribution < 1.29 is 30.2 Å². The summed E-state index contributed by atoms with van der Waals surface area (Å²) in [6.45, 7) is 7.73. The number of nitrogens with zero attached hydrogens (tertiary/aromatic N) is 2. The lowest BCUT2D eigenvalue weighted by atomic mass is 10.1. The van der Waals surface area contributed by atoms with Crippen LogP contribution in [-0.4, -0.2) is 52.9 Å². The highest BCUT2D eigenvalue weighted by atomic mass is 19.4. The van der Waals surface area contributed by atoms with E-state index in [4.69, 9.17) is 12.2 Å². The van der Waals surface area contributed by atoms with Crippen molar-refractivity contribution in [2.45, 2.75) is 71.6 Å². The van der Waals surface area contributed by atoms with E-state index in [9.17, 15) is 18.0 Å². The number of hydrogen-bond acceptors (Lipinski definition) is 5. The van der Waals surface area contributed by atoms with Crippen molar-refractivity contribution >= 4 is 11.9 Å². The van der Waals surface area contributed by atoms with Crippen molar-refractivity contribution in [3.8, 4) is 0 Å². The Kier molecular flexibility index (Phi) is 5.61. The van der Waals surface area contributed by atoms with Crippen LogP contribution in [0.3, 0.4) is 0 Å². The van der Waals surface area contributed by atoms with E-state index in [1.165, 1.54) is 11.8 Å². The van der Waals surface area contributed by atoms with Crippen LogP contribution < -0.4 is 5.32 Å². The average Bonchev–Trinajstić information content (AvgIpc) is 2.52. The van der Waals surface area contributed by atoms with Gasteiger partial charge in [-0.1, -0.05) is 0 Å². The molecule has 0 bridgehead atoms. The molecule has 1 aliphatic heterocycles. The zero-order valence-corrected chi connectivity index (χ0v) is 16.8. The number of alkyl halides is 3. The van der Waals surface area contributed by atoms with Gasteiger partial charge < -0.3 is 14.8 Å². The second-order valence-corrected chi connectivity index (χ2v) is 7.89. The van der Waals surface area contributed by atoms with E-state index < -0.39 is 42.1 Å². The molecule has 0 unspecified atom stereocenters. The van der Waals surface area contributed by atoms with E-state index in [-0.39, 0.29) is 24.0 Å². The van der Waals surface area contributed by atoms with Crippen LogP contribution in [0.5, 0.6) is 0 Å². The molecule has 2 heterocycles. The number of aromatic nitrogens is 1. The van der Waals surface area contributed by atoms with Gasteiger partial charge in [-0.05, 0) is 53.2 Å². The van der Waals surface area contributed by atoms with Crippen LogP contribution in [0.15, 0.2) is 12.3 Å². The highest BCUT2D eigenvalue weighted by Gasteiger charge is 2.38. The van der Waals surface area contributed by atoms with Crippen LogP contribution in [0.4, 0.5) is 23.8 Å². The Morgan fingerprint density at radius 1 is 1.43 bits per heavy atom. The van der Waals surface area contributed by atoms with Crippen molar-refractivity contribution in [3.05, 3.63) is 23.4 Å². The second kappa shape index (κ2) is 8.14. The fourth-order valence-electron chi connectivity index (χ4n) is 2.83. The molecule has 1 aliphatic rings. The van der Waals surface area contributed by atoms with Gasteiger partial charge in [0, 0.05) is 12.7 Å². The molecule has 0 aromatic carbocycles. The molecule has 0 radical (unpaired) electrons. The number of morpholine rings is 1. The summed E-state index contributed by atoms with van der Waals surface area (Å²) >= 11 is 0. The predicted molar refractivity (Wildman–Crippen MR) is 99.2 cm³/mol. The molecule has 1 saturated heterocycles. The molecule has 2 rings (SSSR count). The maximum absolute atomic E-state index is 12.9. The number of nitrogens with one attached hydrogen (secondary N) is 1. The minimum absolute atomic E-state index is 0.0528. The third kappa shape index (κ3) is 5.73. The summed E-state index contributed by atoms with van der Waals surface area (Å²) in [7, 11) is 0. The van der Waals surface area contributed by atoms with Crippen molar-refractivity contribution in [1.29, 1.82) is 0 Å². The lowest BCUT2D eigenvalue weighted by molar-refractivity contribution is -0.137. The van der Waals surface area contributed by atoms with Crippen LogP contribution in [0, 0.1) is 6.92 Å². The molecule has 0 spiro atoms. The number of anilines is 1. The van der Waals surface area contributed by atoms with E-state index in [1.807, 2.05) is 0 Å². The zero-order valence-electron chi connectivity index (χ0n) is 18.8. The van der Waals surface area contributed by atoms with Gasteiger partial charge in [0.25, 0.3) is 0 Å². The molecule has 9 heteroatoms. The van der Waals surface area contributed by atoms with Crippen LogP contribution in [0.2, 0.25) is 0 Å². The van der Waals surface area contributed by atoms with Gasteiger partial charge in [0.1, 0.15) is 11.4 Å². The van der Waals surface area contributed by atoms with E-state index in [1.54, 1.807) is 34.6 Å². The molecule has 1 aromatic rings. The normalized spacial score (nSPS) is 25.0. The number of hydrogen-bond donors (Lipinski definition) is 1. The van der Waals surface area contributed by atoms with Gasteiger partial charge in [0.05, 0.1) is 33.1 Å². The maximum Gasteiger partial charge on any atom is 0.417 e. The van der Waals surface area contributed by atoms with Gasteiger partial charge in [-0.15, -0.1) is 0 Å². The Hall–Kier alpha value is -2.03. The van der Waals surface area contributed by atoms with Gasteiger partial charge in [0.2, 0.25) is 0 Å². The fraction of sp³-hybridized carbons (Fsp3) is 0.684. The van der Waals surface area contributed by atoms with Crippen LogP contribution in [0.1, 0.15) is 48.5 Å². The second-order valence-electron chi connectivity index (χ2n) is 7.89. The number of ether oxygens (including phenoxy) is 2. The molecule has 3 atom stereocenters. The van der Waals surface area contributed by atoms with Crippen molar-refractivity contribution in [1.82, 2.24) is 9.88 Å². The number of halogens is 3. The lowest BCUT2D eigenvalue weighted by Gasteiger charge is -2.43. The third-order valence-corrected chi connectivity index (χ3v) is 4.05. The van der Waals surface area contributed by atoms with E-state index in [0.717, 1.165) is 6.07 Å². The lowest BCUT2D eigenvalue weighted by Crippen LogP contribution is -2.58. The first-order chi connectivity index (χ1) is 13.5. The molecule has 158 valence electrons. The van der Waals surface area contributed by atoms with Crippen LogP contribution in [0.25, 0.3) is 0 Å². The summed E-state index contributed by atoms with van der Waals surface area (Å²) in [5, 5.41) is 2.55. The Labute approximate surface area is 166 Å². The molecule has 1 N–H and O–H groups in total. The fourth-order valence-corrected chi connectivity index (χ4v) is 2.83. The Morgan fingerprint density at radius 2 is 2.07 bits per heavy atom. The van der Waals surface area contributed by atoms with E-state index in [0.29, 0.717) is 6.20 Å². The summed E-state index contributed by atoms with van der Waals surface area (Å²) in [4.78, 5) is 17.8. The third-order valence-electron chi connectivity index (χ3n) is 4.05. The van der Waals surface area contributed by atoms with E-state index >= 15 is 0 Å². The minimum Gasteiger partial charge on any atom is -0.444 e. The predicted octanol–water partition coefficient (Wildman–Crippen LogP) is 4.23. The molecule has 0 saturated carbocycles. The smallest absolute Gasteiger partial charge is 0.417 e. The first-order valence-electron chi connectivity index (χ1n) is 9.98. The van der Waals surface area contributed by atoms with Crippen LogP contribution >= 0.6 is 0 Å². The minimum atomic E-state index is -4.55. The summed E-state index contributed by atoms with van der Waals surface area (Å²) in [6.07, 6.45) is -5.66. The quantitative estimate of drug-likeness (QED) is 0.815. The maximum atomic E-state index is 12.9. The molecule has 1 amide bonds. The van der Waals surface area contributed by atoms with Crippen LogP contribution in [-0.2, 0) is 15.7 Å². The molecular formula is C19H28F3N3O3. The number of aryl methyl sites for hydroxylation is 1. The molecular weight excluding hydrogens is 375 g/mol. The van der Waals surface area contributed by atoms with Gasteiger partial charge >= 0.3 is 12.3 Å². The van der Waals surface area contributed by atoms with Gasteiger partial charge in [0.15, 0.2) is 0 Å². The highest BCUT2D eigenvalue weighted by molar-refractivity contribution is 5.69. The summed E-state index contributed by atoms with van der Waals surface area (Å²) < 4.78 is 66.9. The van der Waals surface area contributed by atoms with Gasteiger partial charge in [-0.2, -0.15) is 13.2 Å². The first kappa shape index (κ1) is 19.3. The molecule has 28 heavy (non-hydrogen) atoms. The molecule has 1 fully saturated rings. The molecule has 0 aliphatic carbocycles.